The van der Waals surface area contributed by atoms with Crippen molar-refractivity contribution in [2.45, 2.75) is 157 Å². The molecule has 7 heteroatoms. The Kier molecular flexibility index (Phi) is 18.7. The quantitative estimate of drug-likeness (QED) is 0.0615. The van der Waals surface area contributed by atoms with Crippen molar-refractivity contribution in [3.63, 3.8) is 0 Å². The zero-order valence-corrected chi connectivity index (χ0v) is 25.2. The van der Waals surface area contributed by atoms with E-state index in [1.165, 1.54) is 0 Å². The molecule has 0 aromatic rings. The highest BCUT2D eigenvalue weighted by molar-refractivity contribution is 5.60. The molecule has 0 spiro atoms. The lowest BCUT2D eigenvalue weighted by molar-refractivity contribution is -0.371. The predicted molar refractivity (Wildman–Crippen MR) is 145 cm³/mol. The van der Waals surface area contributed by atoms with Crippen LogP contribution in [0.4, 0.5) is 4.79 Å². The van der Waals surface area contributed by atoms with Gasteiger partial charge in [-0.05, 0) is 65.2 Å². The highest BCUT2D eigenvalue weighted by Gasteiger charge is 2.28. The maximum Gasteiger partial charge on any atom is 0.508 e. The van der Waals surface area contributed by atoms with Crippen LogP contribution in [-0.4, -0.2) is 42.8 Å². The minimum atomic E-state index is -0.700. The monoisotopic (exact) mass is 518 g/mol. The van der Waals surface area contributed by atoms with Gasteiger partial charge in [0.05, 0.1) is 0 Å². The average molecular weight is 519 g/mol. The van der Waals surface area contributed by atoms with Gasteiger partial charge in [-0.2, -0.15) is 0 Å². The van der Waals surface area contributed by atoms with Crippen molar-refractivity contribution in [1.29, 1.82) is 0 Å². The van der Waals surface area contributed by atoms with Gasteiger partial charge in [0, 0.05) is 0 Å². The van der Waals surface area contributed by atoms with E-state index < -0.39 is 29.6 Å². The van der Waals surface area contributed by atoms with Crippen LogP contribution in [-0.2, 0) is 29.0 Å². The molecule has 0 aromatic heterocycles. The molecule has 0 aliphatic carbocycles. The van der Waals surface area contributed by atoms with Crippen LogP contribution in [0.5, 0.6) is 0 Å². The number of hydrogen-bond acceptors (Lipinski definition) is 7. The number of unbranched alkanes of at least 4 members (excludes halogenated alkanes) is 6. The number of rotatable bonds is 22. The summed E-state index contributed by atoms with van der Waals surface area (Å²) < 4.78 is 11.4. The summed E-state index contributed by atoms with van der Waals surface area (Å²) in [5, 5.41) is 0. The summed E-state index contributed by atoms with van der Waals surface area (Å²) in [4.78, 5) is 35.0. The topological polar surface area (TPSA) is 72.5 Å². The van der Waals surface area contributed by atoms with E-state index >= 15 is 0 Å². The number of carbonyl (C=O) groups is 1. The molecule has 2 atom stereocenters. The van der Waals surface area contributed by atoms with Crippen LogP contribution < -0.4 is 0 Å². The number of ether oxygens (including phenoxy) is 2. The first kappa shape index (κ1) is 35.1. The first-order valence-corrected chi connectivity index (χ1v) is 14.3. The Balaban J connectivity index is 4.96. The summed E-state index contributed by atoms with van der Waals surface area (Å²) in [5.74, 6) is 0.561. The molecule has 2 unspecified atom stereocenters. The largest absolute Gasteiger partial charge is 0.508 e. The van der Waals surface area contributed by atoms with E-state index in [1.54, 1.807) is 0 Å². The summed E-state index contributed by atoms with van der Waals surface area (Å²) in [6.07, 6.45) is 8.48. The van der Waals surface area contributed by atoms with Crippen molar-refractivity contribution >= 4 is 6.16 Å². The van der Waals surface area contributed by atoms with E-state index in [-0.39, 0.29) is 25.0 Å². The van der Waals surface area contributed by atoms with Crippen LogP contribution in [0.25, 0.3) is 0 Å². The third-order valence-electron chi connectivity index (χ3n) is 7.12. The second-order valence-corrected chi connectivity index (χ2v) is 11.7. The van der Waals surface area contributed by atoms with Gasteiger partial charge in [0.25, 0.3) is 0 Å². The second-order valence-electron chi connectivity index (χ2n) is 11.7. The van der Waals surface area contributed by atoms with Gasteiger partial charge in [-0.3, -0.25) is 0 Å². The fraction of sp³-hybridized carbons (Fsp3) is 0.966. The minimum absolute atomic E-state index is 0.167. The van der Waals surface area contributed by atoms with Crippen LogP contribution in [0.15, 0.2) is 0 Å². The Morgan fingerprint density at radius 3 is 1.28 bits per heavy atom. The lowest BCUT2D eigenvalue weighted by Gasteiger charge is -2.29. The van der Waals surface area contributed by atoms with Gasteiger partial charge in [0.15, 0.2) is 0 Å². The fourth-order valence-electron chi connectivity index (χ4n) is 2.97. The summed E-state index contributed by atoms with van der Waals surface area (Å²) in [5.41, 5.74) is -0.865. The van der Waals surface area contributed by atoms with E-state index in [0.29, 0.717) is 12.8 Å². The Hall–Kier alpha value is -0.890. The molecule has 0 aliphatic rings. The molecule has 0 aliphatic heterocycles. The average Bonchev–Trinajstić information content (AvgIpc) is 2.78. The maximum atomic E-state index is 12.7. The van der Waals surface area contributed by atoms with Gasteiger partial charge in [-0.25, -0.2) is 24.3 Å². The SMILES string of the molecule is CCCCCCC(COOC(C)(C)C(C)C)OC(=O)OC(CCCCCC)COOC(C)(C)C(C)C. The van der Waals surface area contributed by atoms with Gasteiger partial charge < -0.3 is 9.47 Å². The predicted octanol–water partition coefficient (Wildman–Crippen LogP) is 8.58. The molecule has 0 heterocycles. The van der Waals surface area contributed by atoms with E-state index in [2.05, 4.69) is 41.5 Å². The van der Waals surface area contributed by atoms with Crippen LogP contribution in [0.3, 0.4) is 0 Å². The highest BCUT2D eigenvalue weighted by atomic mass is 17.2. The van der Waals surface area contributed by atoms with Crippen molar-refractivity contribution in [3.05, 3.63) is 0 Å². The Morgan fingerprint density at radius 2 is 0.972 bits per heavy atom. The maximum absolute atomic E-state index is 12.7. The number of carbonyl (C=O) groups excluding carboxylic acids is 1. The van der Waals surface area contributed by atoms with Crippen molar-refractivity contribution in [2.75, 3.05) is 13.2 Å². The van der Waals surface area contributed by atoms with E-state index in [1.807, 2.05) is 27.7 Å². The molecule has 0 N–H and O–H groups in total. The Labute approximate surface area is 222 Å². The van der Waals surface area contributed by atoms with Crippen LogP contribution in [0, 0.1) is 11.8 Å². The molecule has 0 fully saturated rings. The van der Waals surface area contributed by atoms with Crippen LogP contribution in [0.2, 0.25) is 0 Å². The Morgan fingerprint density at radius 1 is 0.611 bits per heavy atom. The molecule has 0 saturated carbocycles. The smallest absolute Gasteiger partial charge is 0.428 e. The van der Waals surface area contributed by atoms with Crippen molar-refractivity contribution < 1.29 is 33.8 Å². The van der Waals surface area contributed by atoms with Crippen LogP contribution in [0.1, 0.15) is 133 Å². The van der Waals surface area contributed by atoms with E-state index in [0.717, 1.165) is 51.4 Å². The standard InChI is InChI=1S/C29H58O7/c1-11-13-15-17-19-25(21-31-35-28(7,8)23(3)4)33-27(30)34-26(20-18-16-14-12-2)22-32-36-29(9,10)24(5)6/h23-26H,11-22H2,1-10H3. The van der Waals surface area contributed by atoms with Crippen LogP contribution >= 0.6 is 0 Å². The summed E-state index contributed by atoms with van der Waals surface area (Å²) in [6, 6.07) is 0. The molecule has 0 bridgehead atoms. The Bertz CT molecular complexity index is 500. The molecule has 7 nitrogen and oxygen atoms in total. The molecular formula is C29H58O7. The second kappa shape index (κ2) is 19.2. The van der Waals surface area contributed by atoms with Crippen molar-refractivity contribution in [2.24, 2.45) is 11.8 Å². The first-order chi connectivity index (χ1) is 16.9. The zero-order chi connectivity index (χ0) is 27.6. The molecular weight excluding hydrogens is 460 g/mol. The van der Waals surface area contributed by atoms with Gasteiger partial charge in [0.2, 0.25) is 0 Å². The fourth-order valence-corrected chi connectivity index (χ4v) is 2.97. The lowest BCUT2D eigenvalue weighted by atomic mass is 9.95. The van der Waals surface area contributed by atoms with Crippen molar-refractivity contribution in [1.82, 2.24) is 0 Å². The van der Waals surface area contributed by atoms with Crippen molar-refractivity contribution in [3.8, 4) is 0 Å². The molecule has 36 heavy (non-hydrogen) atoms. The van der Waals surface area contributed by atoms with Gasteiger partial charge >= 0.3 is 6.16 Å². The molecule has 0 saturated heterocycles. The third kappa shape index (κ3) is 16.8. The lowest BCUT2D eigenvalue weighted by Crippen LogP contribution is -2.35. The third-order valence-corrected chi connectivity index (χ3v) is 7.12. The number of hydrogen-bond donors (Lipinski definition) is 0. The molecule has 216 valence electrons. The molecule has 0 rings (SSSR count). The molecule has 0 aromatic carbocycles. The molecule has 0 radical (unpaired) electrons. The normalized spacial score (nSPS) is 14.3. The van der Waals surface area contributed by atoms with Gasteiger partial charge in [-0.1, -0.05) is 80.1 Å². The van der Waals surface area contributed by atoms with E-state index in [4.69, 9.17) is 29.0 Å². The highest BCUT2D eigenvalue weighted by Crippen LogP contribution is 2.23. The summed E-state index contributed by atoms with van der Waals surface area (Å²) in [6.45, 7) is 20.9. The minimum Gasteiger partial charge on any atom is -0.428 e. The summed E-state index contributed by atoms with van der Waals surface area (Å²) in [7, 11) is 0. The van der Waals surface area contributed by atoms with Gasteiger partial charge in [0.1, 0.15) is 36.6 Å². The zero-order valence-electron chi connectivity index (χ0n) is 25.2. The molecule has 0 amide bonds. The van der Waals surface area contributed by atoms with E-state index in [9.17, 15) is 4.79 Å². The van der Waals surface area contributed by atoms with Gasteiger partial charge in [-0.15, -0.1) is 0 Å². The summed E-state index contributed by atoms with van der Waals surface area (Å²) >= 11 is 0. The first-order valence-electron chi connectivity index (χ1n) is 14.3.